The molecule has 1 aromatic carbocycles. The zero-order valence-electron chi connectivity index (χ0n) is 16.6. The average Bonchev–Trinajstić information content (AvgIpc) is 3.13. The number of benzene rings is 1. The lowest BCUT2D eigenvalue weighted by atomic mass is 10.2. The molecule has 0 saturated heterocycles. The van der Waals surface area contributed by atoms with Gasteiger partial charge in [-0.05, 0) is 50.1 Å². The maximum absolute atomic E-state index is 12.0. The number of pyridine rings is 1. The van der Waals surface area contributed by atoms with Crippen LogP contribution in [0.5, 0.6) is 0 Å². The first-order valence-electron chi connectivity index (χ1n) is 9.31. The smallest absolute Gasteiger partial charge is 0.281 e. The van der Waals surface area contributed by atoms with E-state index < -0.39 is 5.91 Å². The molecule has 146 valence electrons. The van der Waals surface area contributed by atoms with Crippen LogP contribution in [0.15, 0.2) is 65.9 Å². The second-order valence-corrected chi connectivity index (χ2v) is 6.14. The summed E-state index contributed by atoms with van der Waals surface area (Å²) in [5.74, 6) is -0.682. The molecule has 0 aliphatic carbocycles. The van der Waals surface area contributed by atoms with E-state index in [1.807, 2.05) is 54.8 Å². The molecule has 4 N–H and O–H groups in total. The van der Waals surface area contributed by atoms with Gasteiger partial charge in [0.1, 0.15) is 0 Å². The van der Waals surface area contributed by atoms with Gasteiger partial charge in [-0.2, -0.15) is 4.99 Å². The maximum atomic E-state index is 12.0. The van der Waals surface area contributed by atoms with Gasteiger partial charge in [0.2, 0.25) is 0 Å². The number of allylic oxidation sites excluding steroid dienone is 2. The maximum Gasteiger partial charge on any atom is 0.281 e. The highest BCUT2D eigenvalue weighted by Gasteiger charge is 2.12. The Hall–Kier alpha value is -3.41. The highest BCUT2D eigenvalue weighted by Crippen LogP contribution is 2.21. The van der Waals surface area contributed by atoms with Crippen molar-refractivity contribution < 1.29 is 4.79 Å². The van der Waals surface area contributed by atoms with E-state index in [1.165, 1.54) is 0 Å². The predicted molar refractivity (Wildman–Crippen MR) is 116 cm³/mol. The minimum Gasteiger partial charge on any atom is -0.370 e. The van der Waals surface area contributed by atoms with E-state index in [2.05, 4.69) is 29.1 Å². The normalized spacial score (nSPS) is 10.5. The van der Waals surface area contributed by atoms with Gasteiger partial charge in [0.15, 0.2) is 5.96 Å². The molecule has 28 heavy (non-hydrogen) atoms. The van der Waals surface area contributed by atoms with Crippen molar-refractivity contribution in [2.45, 2.75) is 33.6 Å². The van der Waals surface area contributed by atoms with Gasteiger partial charge in [0.25, 0.3) is 5.91 Å². The molecule has 2 aromatic heterocycles. The lowest BCUT2D eigenvalue weighted by Gasteiger charge is -2.08. The fourth-order valence-corrected chi connectivity index (χ4v) is 2.77. The van der Waals surface area contributed by atoms with E-state index in [9.17, 15) is 4.79 Å². The van der Waals surface area contributed by atoms with Gasteiger partial charge in [0, 0.05) is 29.2 Å². The Kier molecular flexibility index (Phi) is 7.51. The summed E-state index contributed by atoms with van der Waals surface area (Å²) in [5.41, 5.74) is 13.9. The number of hydrogen-bond donors (Lipinski definition) is 2. The number of guanidine groups is 1. The SMILES string of the molecule is C/C=C\CC.CCc1cc(C(=O)N=C(N)N)cn1-c1ccc2ncccc2c1. The predicted octanol–water partition coefficient (Wildman–Crippen LogP) is 3.97. The van der Waals surface area contributed by atoms with Crippen LogP contribution < -0.4 is 11.5 Å². The number of aromatic nitrogens is 2. The number of aliphatic imine (C=N–C) groups is 1. The molecule has 0 radical (unpaired) electrons. The minimum atomic E-state index is -0.444. The van der Waals surface area contributed by atoms with Gasteiger partial charge in [-0.1, -0.05) is 32.1 Å². The molecular weight excluding hydrogens is 350 g/mol. The van der Waals surface area contributed by atoms with E-state index in [0.29, 0.717) is 5.56 Å². The second kappa shape index (κ2) is 10.1. The minimum absolute atomic E-state index is 0.238. The van der Waals surface area contributed by atoms with Crippen LogP contribution in [-0.4, -0.2) is 21.4 Å². The van der Waals surface area contributed by atoms with Crippen LogP contribution in [0.4, 0.5) is 0 Å². The number of hydrogen-bond acceptors (Lipinski definition) is 2. The molecule has 0 atom stereocenters. The van der Waals surface area contributed by atoms with E-state index in [4.69, 9.17) is 11.5 Å². The quantitative estimate of drug-likeness (QED) is 0.408. The van der Waals surface area contributed by atoms with Gasteiger partial charge >= 0.3 is 0 Å². The molecule has 6 nitrogen and oxygen atoms in total. The monoisotopic (exact) mass is 377 g/mol. The van der Waals surface area contributed by atoms with Crippen LogP contribution >= 0.6 is 0 Å². The van der Waals surface area contributed by atoms with Crippen LogP contribution in [0.2, 0.25) is 0 Å². The van der Waals surface area contributed by atoms with Crippen molar-refractivity contribution >= 4 is 22.8 Å². The first-order valence-corrected chi connectivity index (χ1v) is 9.31. The van der Waals surface area contributed by atoms with Crippen molar-refractivity contribution in [3.63, 3.8) is 0 Å². The standard InChI is InChI=1S/C17H17N5O.C5H10/c1-2-13-9-12(16(23)21-17(18)19)10-22(13)14-5-6-15-11(8-14)4-3-7-20-15;1-3-5-4-2/h3-10H,2H2,1H3,(H4,18,19,21,23);3,5H,4H2,1-2H3/b;5-3-. The van der Waals surface area contributed by atoms with Crippen molar-refractivity contribution in [2.24, 2.45) is 16.5 Å². The highest BCUT2D eigenvalue weighted by molar-refractivity contribution is 6.02. The largest absolute Gasteiger partial charge is 0.370 e. The lowest BCUT2D eigenvalue weighted by Crippen LogP contribution is -2.24. The highest BCUT2D eigenvalue weighted by atomic mass is 16.1. The Morgan fingerprint density at radius 2 is 2.00 bits per heavy atom. The van der Waals surface area contributed by atoms with Crippen molar-refractivity contribution in [1.29, 1.82) is 0 Å². The zero-order valence-corrected chi connectivity index (χ0v) is 16.6. The summed E-state index contributed by atoms with van der Waals surface area (Å²) in [7, 11) is 0. The number of carbonyl (C=O) groups is 1. The van der Waals surface area contributed by atoms with Crippen molar-refractivity contribution in [3.8, 4) is 5.69 Å². The topological polar surface area (TPSA) is 99.3 Å². The summed E-state index contributed by atoms with van der Waals surface area (Å²) >= 11 is 0. The molecule has 0 bridgehead atoms. The van der Waals surface area contributed by atoms with E-state index >= 15 is 0 Å². The zero-order chi connectivity index (χ0) is 20.5. The first kappa shape index (κ1) is 20.9. The van der Waals surface area contributed by atoms with E-state index in [-0.39, 0.29) is 5.96 Å². The molecular formula is C22H27N5O. The average molecular weight is 377 g/mol. The summed E-state index contributed by atoms with van der Waals surface area (Å²) in [5, 5.41) is 1.04. The summed E-state index contributed by atoms with van der Waals surface area (Å²) in [4.78, 5) is 19.9. The summed E-state index contributed by atoms with van der Waals surface area (Å²) < 4.78 is 1.97. The molecule has 0 aliphatic heterocycles. The molecule has 3 aromatic rings. The van der Waals surface area contributed by atoms with Crippen LogP contribution in [-0.2, 0) is 6.42 Å². The number of rotatable bonds is 4. The van der Waals surface area contributed by atoms with Crippen LogP contribution in [0.25, 0.3) is 16.6 Å². The Balaban J connectivity index is 0.000000500. The van der Waals surface area contributed by atoms with E-state index in [1.54, 1.807) is 12.4 Å². The third-order valence-corrected chi connectivity index (χ3v) is 4.08. The summed E-state index contributed by atoms with van der Waals surface area (Å²) in [6, 6.07) is 11.7. The number of fused-ring (bicyclic) bond motifs is 1. The van der Waals surface area contributed by atoms with Gasteiger partial charge < -0.3 is 16.0 Å². The molecule has 0 saturated carbocycles. The Morgan fingerprint density at radius 1 is 1.21 bits per heavy atom. The first-order chi connectivity index (χ1) is 13.5. The molecule has 0 unspecified atom stereocenters. The molecule has 0 fully saturated rings. The number of aryl methyl sites for hydroxylation is 1. The number of nitrogens with two attached hydrogens (primary N) is 2. The molecule has 3 rings (SSSR count). The van der Waals surface area contributed by atoms with E-state index in [0.717, 1.165) is 35.1 Å². The fraction of sp³-hybridized carbons (Fsp3) is 0.227. The molecule has 2 heterocycles. The van der Waals surface area contributed by atoms with Crippen molar-refractivity contribution in [2.75, 3.05) is 0 Å². The second-order valence-electron chi connectivity index (χ2n) is 6.14. The van der Waals surface area contributed by atoms with Gasteiger partial charge in [-0.15, -0.1) is 0 Å². The lowest BCUT2D eigenvalue weighted by molar-refractivity contribution is 0.100. The fourth-order valence-electron chi connectivity index (χ4n) is 2.77. The number of nitrogens with zero attached hydrogens (tertiary/aromatic N) is 3. The number of carbonyl (C=O) groups excluding carboxylic acids is 1. The summed E-state index contributed by atoms with van der Waals surface area (Å²) in [6.45, 7) is 6.19. The Labute approximate surface area is 165 Å². The third-order valence-electron chi connectivity index (χ3n) is 4.08. The van der Waals surface area contributed by atoms with Crippen LogP contribution in [0, 0.1) is 0 Å². The Bertz CT molecular complexity index is 997. The van der Waals surface area contributed by atoms with Gasteiger partial charge in [0.05, 0.1) is 11.1 Å². The Morgan fingerprint density at radius 3 is 2.61 bits per heavy atom. The molecule has 0 spiro atoms. The summed E-state index contributed by atoms with van der Waals surface area (Å²) in [6.07, 6.45) is 9.64. The third kappa shape index (κ3) is 5.30. The number of amides is 1. The van der Waals surface area contributed by atoms with Gasteiger partial charge in [-0.25, -0.2) is 0 Å². The van der Waals surface area contributed by atoms with Crippen LogP contribution in [0.1, 0.15) is 43.2 Å². The molecule has 1 amide bonds. The van der Waals surface area contributed by atoms with Crippen molar-refractivity contribution in [3.05, 3.63) is 72.2 Å². The van der Waals surface area contributed by atoms with Crippen molar-refractivity contribution in [1.82, 2.24) is 9.55 Å². The van der Waals surface area contributed by atoms with Gasteiger partial charge in [-0.3, -0.25) is 9.78 Å². The molecule has 0 aliphatic rings. The van der Waals surface area contributed by atoms with Crippen LogP contribution in [0.3, 0.4) is 0 Å². The molecule has 6 heteroatoms.